The summed E-state index contributed by atoms with van der Waals surface area (Å²) in [7, 11) is 0. The van der Waals surface area contributed by atoms with Crippen LogP contribution in [0, 0.1) is 11.3 Å². The molecule has 10 heteroatoms. The summed E-state index contributed by atoms with van der Waals surface area (Å²) in [5.41, 5.74) is 0.249. The van der Waals surface area contributed by atoms with E-state index in [1.165, 1.54) is 0 Å². The van der Waals surface area contributed by atoms with Gasteiger partial charge in [0.15, 0.2) is 0 Å². The third-order valence-electron chi connectivity index (χ3n) is 5.45. The number of hydrogen-bond acceptors (Lipinski definition) is 5. The Morgan fingerprint density at radius 2 is 1.97 bits per heavy atom. The fourth-order valence-corrected chi connectivity index (χ4v) is 3.65. The minimum atomic E-state index is -5.08. The Morgan fingerprint density at radius 3 is 2.48 bits per heavy atom. The number of aliphatic carboxylic acids is 1. The van der Waals surface area contributed by atoms with E-state index in [-0.39, 0.29) is 11.3 Å². The summed E-state index contributed by atoms with van der Waals surface area (Å²) < 4.78 is 43.3. The van der Waals surface area contributed by atoms with Crippen LogP contribution >= 0.6 is 0 Å². The van der Waals surface area contributed by atoms with Gasteiger partial charge in [0.1, 0.15) is 0 Å². The van der Waals surface area contributed by atoms with Crippen LogP contribution in [0.25, 0.3) is 0 Å². The largest absolute Gasteiger partial charge is 0.490 e. The molecule has 0 saturated carbocycles. The molecule has 7 nitrogen and oxygen atoms in total. The molecule has 1 aromatic heterocycles. The molecule has 2 fully saturated rings. The first-order valence-corrected chi connectivity index (χ1v) is 9.31. The van der Waals surface area contributed by atoms with Gasteiger partial charge in [-0.25, -0.2) is 9.78 Å². The van der Waals surface area contributed by atoms with Crippen LogP contribution in [0.2, 0.25) is 0 Å². The number of hydrogen-bond donors (Lipinski definition) is 1. The quantitative estimate of drug-likeness (QED) is 0.812. The number of carbonyl (C=O) groups is 2. The first kappa shape index (κ1) is 22.9. The molecule has 3 heterocycles. The Kier molecular flexibility index (Phi) is 7.83. The van der Waals surface area contributed by atoms with E-state index in [9.17, 15) is 18.0 Å². The lowest BCUT2D eigenvalue weighted by Gasteiger charge is -2.48. The maximum absolute atomic E-state index is 11.5. The van der Waals surface area contributed by atoms with E-state index < -0.39 is 12.1 Å². The van der Waals surface area contributed by atoms with Crippen molar-refractivity contribution in [2.75, 3.05) is 32.9 Å². The highest BCUT2D eigenvalue weighted by atomic mass is 19.4. The lowest BCUT2D eigenvalue weighted by molar-refractivity contribution is -0.192. The highest BCUT2D eigenvalue weighted by Crippen LogP contribution is 2.44. The molecule has 29 heavy (non-hydrogen) atoms. The van der Waals surface area contributed by atoms with Gasteiger partial charge in [0.05, 0.1) is 13.2 Å². The molecule has 1 spiro atoms. The van der Waals surface area contributed by atoms with Crippen molar-refractivity contribution in [1.82, 2.24) is 9.88 Å². The third-order valence-corrected chi connectivity index (χ3v) is 5.45. The summed E-state index contributed by atoms with van der Waals surface area (Å²) >= 11 is 0. The topological polar surface area (TPSA) is 89.0 Å². The molecule has 162 valence electrons. The fraction of sp³-hybridized carbons (Fsp3) is 0.632. The average molecular weight is 418 g/mol. The molecular formula is C19H25F3N2O5. The third kappa shape index (κ3) is 6.59. The number of halogens is 3. The number of piperidine rings is 1. The van der Waals surface area contributed by atoms with Gasteiger partial charge < -0.3 is 19.5 Å². The number of carboxylic acid groups (broad SMARTS) is 1. The number of likely N-dealkylation sites (tertiary alicyclic amines) is 1. The van der Waals surface area contributed by atoms with Crippen LogP contribution in [0.4, 0.5) is 13.2 Å². The molecular weight excluding hydrogens is 393 g/mol. The molecule has 2 saturated heterocycles. The van der Waals surface area contributed by atoms with Crippen molar-refractivity contribution in [3.63, 3.8) is 0 Å². The highest BCUT2D eigenvalue weighted by molar-refractivity contribution is 5.73. The SMILES string of the molecule is CC(=O)N1CCC2(CCOCC2COc2ccccn2)CC1.O=C(O)C(F)(F)F. The molecule has 3 rings (SSSR count). The Labute approximate surface area is 166 Å². The van der Waals surface area contributed by atoms with Gasteiger partial charge in [-0.3, -0.25) is 4.79 Å². The number of alkyl halides is 3. The van der Waals surface area contributed by atoms with Gasteiger partial charge in [-0.15, -0.1) is 0 Å². The average Bonchev–Trinajstić information content (AvgIpc) is 2.68. The van der Waals surface area contributed by atoms with E-state index >= 15 is 0 Å². The van der Waals surface area contributed by atoms with E-state index in [1.807, 2.05) is 23.1 Å². The van der Waals surface area contributed by atoms with Crippen molar-refractivity contribution >= 4 is 11.9 Å². The molecule has 0 radical (unpaired) electrons. The molecule has 0 aromatic carbocycles. The Hall–Kier alpha value is -2.36. The van der Waals surface area contributed by atoms with Crippen LogP contribution in [0.1, 0.15) is 26.2 Å². The lowest BCUT2D eigenvalue weighted by atomic mass is 9.66. The summed E-state index contributed by atoms with van der Waals surface area (Å²) in [5.74, 6) is -1.53. The Bertz CT molecular complexity index is 676. The smallest absolute Gasteiger partial charge is 0.477 e. The number of aromatic nitrogens is 1. The van der Waals surface area contributed by atoms with Gasteiger partial charge in [-0.2, -0.15) is 13.2 Å². The summed E-state index contributed by atoms with van der Waals surface area (Å²) in [4.78, 5) is 26.6. The number of nitrogens with zero attached hydrogens (tertiary/aromatic N) is 2. The molecule has 1 aromatic rings. The monoisotopic (exact) mass is 418 g/mol. The van der Waals surface area contributed by atoms with Crippen molar-refractivity contribution in [1.29, 1.82) is 0 Å². The van der Waals surface area contributed by atoms with Crippen LogP contribution in [0.5, 0.6) is 5.88 Å². The van der Waals surface area contributed by atoms with E-state index in [0.29, 0.717) is 18.4 Å². The van der Waals surface area contributed by atoms with Crippen molar-refractivity contribution in [2.24, 2.45) is 11.3 Å². The number of ether oxygens (including phenoxy) is 2. The predicted octanol–water partition coefficient (Wildman–Crippen LogP) is 2.76. The zero-order chi connectivity index (χ0) is 21.5. The molecule has 1 N–H and O–H groups in total. The van der Waals surface area contributed by atoms with Crippen molar-refractivity contribution in [3.05, 3.63) is 24.4 Å². The standard InChI is InChI=1S/C17H24N2O3.C2HF3O2/c1-14(20)19-9-5-17(6-10-19)7-11-21-12-15(17)13-22-16-4-2-3-8-18-16;3-2(4,5)1(6)7/h2-4,8,15H,5-7,9-13H2,1H3;(H,6,7). The minimum Gasteiger partial charge on any atom is -0.477 e. The summed E-state index contributed by atoms with van der Waals surface area (Å²) in [6, 6.07) is 5.70. The van der Waals surface area contributed by atoms with Crippen molar-refractivity contribution in [2.45, 2.75) is 32.4 Å². The lowest BCUT2D eigenvalue weighted by Crippen LogP contribution is -2.50. The van der Waals surface area contributed by atoms with Gasteiger partial charge >= 0.3 is 12.1 Å². The van der Waals surface area contributed by atoms with Crippen molar-refractivity contribution < 1.29 is 37.3 Å². The Morgan fingerprint density at radius 1 is 1.31 bits per heavy atom. The second-order valence-electron chi connectivity index (χ2n) is 7.17. The summed E-state index contributed by atoms with van der Waals surface area (Å²) in [6.07, 6.45) is -0.179. The van der Waals surface area contributed by atoms with Crippen LogP contribution < -0.4 is 4.74 Å². The van der Waals surface area contributed by atoms with Gasteiger partial charge in [0, 0.05) is 44.8 Å². The van der Waals surface area contributed by atoms with Gasteiger partial charge in [-0.05, 0) is 30.7 Å². The second-order valence-corrected chi connectivity index (χ2v) is 7.17. The molecule has 1 atom stereocenters. The molecule has 1 amide bonds. The van der Waals surface area contributed by atoms with Crippen LogP contribution in [0.3, 0.4) is 0 Å². The van der Waals surface area contributed by atoms with E-state index in [2.05, 4.69) is 4.98 Å². The van der Waals surface area contributed by atoms with Crippen LogP contribution in [-0.4, -0.2) is 66.0 Å². The number of pyridine rings is 1. The Balaban J connectivity index is 0.000000370. The molecule has 2 aliphatic rings. The van der Waals surface area contributed by atoms with E-state index in [4.69, 9.17) is 19.4 Å². The number of amides is 1. The normalized spacial score (nSPS) is 21.1. The maximum atomic E-state index is 11.5. The summed E-state index contributed by atoms with van der Waals surface area (Å²) in [5, 5.41) is 7.12. The van der Waals surface area contributed by atoms with Gasteiger partial charge in [0.2, 0.25) is 11.8 Å². The second kappa shape index (κ2) is 9.91. The zero-order valence-corrected chi connectivity index (χ0v) is 16.2. The zero-order valence-electron chi connectivity index (χ0n) is 16.2. The number of carbonyl (C=O) groups excluding carboxylic acids is 1. The van der Waals surface area contributed by atoms with E-state index in [1.54, 1.807) is 13.1 Å². The van der Waals surface area contributed by atoms with Crippen LogP contribution in [-0.2, 0) is 14.3 Å². The first-order chi connectivity index (χ1) is 13.6. The fourth-order valence-electron chi connectivity index (χ4n) is 3.65. The molecule has 0 bridgehead atoms. The van der Waals surface area contributed by atoms with Crippen molar-refractivity contribution in [3.8, 4) is 5.88 Å². The predicted molar refractivity (Wildman–Crippen MR) is 96.3 cm³/mol. The van der Waals surface area contributed by atoms with E-state index in [0.717, 1.165) is 45.6 Å². The molecule has 0 aliphatic carbocycles. The summed E-state index contributed by atoms with van der Waals surface area (Å²) in [6.45, 7) is 5.57. The van der Waals surface area contributed by atoms with Gasteiger partial charge in [-0.1, -0.05) is 6.07 Å². The minimum absolute atomic E-state index is 0.184. The number of carboxylic acids is 1. The first-order valence-electron chi connectivity index (χ1n) is 9.31. The molecule has 1 unspecified atom stereocenters. The number of rotatable bonds is 3. The van der Waals surface area contributed by atoms with Gasteiger partial charge in [0.25, 0.3) is 0 Å². The highest BCUT2D eigenvalue weighted by Gasteiger charge is 2.44. The maximum Gasteiger partial charge on any atom is 0.490 e. The molecule has 2 aliphatic heterocycles. The van der Waals surface area contributed by atoms with Crippen LogP contribution in [0.15, 0.2) is 24.4 Å².